The van der Waals surface area contributed by atoms with Gasteiger partial charge < -0.3 is 10.2 Å². The van der Waals surface area contributed by atoms with Gasteiger partial charge in [0.05, 0.1) is 5.54 Å². The Hall–Kier alpha value is -1.07. The van der Waals surface area contributed by atoms with Crippen LogP contribution in [-0.4, -0.2) is 35.6 Å². The largest absolute Gasteiger partial charge is 0.410 e. The second-order valence-corrected chi connectivity index (χ2v) is 6.85. The van der Waals surface area contributed by atoms with Gasteiger partial charge in [-0.05, 0) is 26.3 Å². The Kier molecular flexibility index (Phi) is 3.62. The van der Waals surface area contributed by atoms with Crippen molar-refractivity contribution in [3.05, 3.63) is 11.8 Å². The van der Waals surface area contributed by atoms with Gasteiger partial charge in [-0.15, -0.1) is 5.48 Å². The molecule has 0 aromatic rings. The lowest BCUT2D eigenvalue weighted by Gasteiger charge is -2.43. The van der Waals surface area contributed by atoms with Gasteiger partial charge in [0, 0.05) is 18.5 Å². The van der Waals surface area contributed by atoms with Crippen molar-refractivity contribution in [1.29, 1.82) is 0 Å². The van der Waals surface area contributed by atoms with E-state index < -0.39 is 5.54 Å². The van der Waals surface area contributed by atoms with Crippen molar-refractivity contribution in [2.24, 2.45) is 5.41 Å². The molecule has 1 amide bonds. The van der Waals surface area contributed by atoms with E-state index in [1.165, 1.54) is 6.42 Å². The first kappa shape index (κ1) is 14.3. The number of amides is 1. The second kappa shape index (κ2) is 4.80. The zero-order valence-corrected chi connectivity index (χ0v) is 12.5. The quantitative estimate of drug-likeness (QED) is 0.811. The van der Waals surface area contributed by atoms with Gasteiger partial charge in [-0.25, -0.2) is 0 Å². The van der Waals surface area contributed by atoms with Crippen molar-refractivity contribution in [2.45, 2.75) is 52.7 Å². The van der Waals surface area contributed by atoms with E-state index >= 15 is 0 Å². The van der Waals surface area contributed by atoms with E-state index in [1.54, 1.807) is 0 Å². The van der Waals surface area contributed by atoms with Crippen molar-refractivity contribution in [2.75, 3.05) is 13.1 Å². The lowest BCUT2D eigenvalue weighted by Crippen LogP contribution is -2.61. The summed E-state index contributed by atoms with van der Waals surface area (Å²) in [6.07, 6.45) is 2.86. The van der Waals surface area contributed by atoms with Crippen molar-refractivity contribution < 1.29 is 9.63 Å². The minimum atomic E-state index is -0.460. The lowest BCUT2D eigenvalue weighted by atomic mass is 9.93. The van der Waals surface area contributed by atoms with E-state index in [4.69, 9.17) is 4.84 Å². The Bertz CT molecular complexity index is 392. The molecule has 2 heterocycles. The molecule has 1 saturated heterocycles. The number of hydrogen-bond donors (Lipinski definition) is 2. The van der Waals surface area contributed by atoms with Gasteiger partial charge in [-0.2, -0.15) is 0 Å². The third-order valence-electron chi connectivity index (χ3n) is 3.84. The third-order valence-corrected chi connectivity index (χ3v) is 3.84. The summed E-state index contributed by atoms with van der Waals surface area (Å²) in [6, 6.07) is 0. The Balaban J connectivity index is 1.95. The summed E-state index contributed by atoms with van der Waals surface area (Å²) in [5.41, 5.74) is 2.33. The highest BCUT2D eigenvalue weighted by Crippen LogP contribution is 2.28. The molecular formula is C14H25N3O2. The number of likely N-dealkylation sites (tertiary alicyclic amines) is 1. The molecule has 19 heavy (non-hydrogen) atoms. The van der Waals surface area contributed by atoms with Gasteiger partial charge in [0.2, 0.25) is 5.91 Å². The van der Waals surface area contributed by atoms with E-state index in [-0.39, 0.29) is 17.5 Å². The van der Waals surface area contributed by atoms with Crippen molar-refractivity contribution in [3.8, 4) is 0 Å². The Morgan fingerprint density at radius 3 is 2.42 bits per heavy atom. The molecule has 2 aliphatic rings. The molecule has 108 valence electrons. The Morgan fingerprint density at radius 2 is 2.00 bits per heavy atom. The zero-order chi connectivity index (χ0) is 14.3. The van der Waals surface area contributed by atoms with Crippen molar-refractivity contribution >= 4 is 5.91 Å². The molecule has 2 aliphatic heterocycles. The fourth-order valence-corrected chi connectivity index (χ4v) is 2.16. The molecule has 0 bridgehead atoms. The van der Waals surface area contributed by atoms with Crippen molar-refractivity contribution in [1.82, 2.24) is 15.7 Å². The molecule has 1 unspecified atom stereocenters. The van der Waals surface area contributed by atoms with Crippen LogP contribution in [0.3, 0.4) is 0 Å². The summed E-state index contributed by atoms with van der Waals surface area (Å²) in [5, 5.41) is 2.98. The van der Waals surface area contributed by atoms with Crippen LogP contribution in [-0.2, 0) is 9.63 Å². The summed E-state index contributed by atoms with van der Waals surface area (Å²) >= 11 is 0. The number of carbonyl (C=O) groups is 1. The monoisotopic (exact) mass is 267 g/mol. The van der Waals surface area contributed by atoms with Gasteiger partial charge >= 0.3 is 0 Å². The normalized spacial score (nSPS) is 24.5. The fraction of sp³-hybridized carbons (Fsp3) is 0.786. The highest BCUT2D eigenvalue weighted by Gasteiger charge is 2.39. The number of carbonyl (C=O) groups excluding carboxylic acids is 1. The zero-order valence-electron chi connectivity index (χ0n) is 12.5. The number of nitrogens with one attached hydrogen (secondary N) is 2. The summed E-state index contributed by atoms with van der Waals surface area (Å²) in [5.74, 6) is 0.888. The molecule has 0 aromatic carbocycles. The maximum atomic E-state index is 12.3. The standard InChI is InChI=1S/C14H25N3O2/c1-13(2,3)10-9-11(16-19-10)15-12(18)14(4,5)17-7-6-8-17/h9,11,16H,6-8H2,1-5H3,(H,15,18). The van der Waals surface area contributed by atoms with Gasteiger partial charge in [-0.1, -0.05) is 20.8 Å². The van der Waals surface area contributed by atoms with Crippen LogP contribution in [0.5, 0.6) is 0 Å². The average Bonchev–Trinajstić information content (AvgIpc) is 2.61. The third kappa shape index (κ3) is 2.92. The summed E-state index contributed by atoms with van der Waals surface area (Å²) in [4.78, 5) is 19.9. The molecule has 0 aliphatic carbocycles. The molecule has 0 spiro atoms. The van der Waals surface area contributed by atoms with Crippen LogP contribution in [0, 0.1) is 5.41 Å². The summed E-state index contributed by atoms with van der Waals surface area (Å²) < 4.78 is 0. The minimum absolute atomic E-state index is 0.0275. The lowest BCUT2D eigenvalue weighted by molar-refractivity contribution is -0.135. The number of rotatable bonds is 3. The van der Waals surface area contributed by atoms with Crippen LogP contribution in [0.15, 0.2) is 11.8 Å². The topological polar surface area (TPSA) is 53.6 Å². The molecule has 0 radical (unpaired) electrons. The second-order valence-electron chi connectivity index (χ2n) is 6.85. The van der Waals surface area contributed by atoms with Crippen LogP contribution >= 0.6 is 0 Å². The van der Waals surface area contributed by atoms with Crippen LogP contribution in [0.4, 0.5) is 0 Å². The highest BCUT2D eigenvalue weighted by atomic mass is 16.7. The minimum Gasteiger partial charge on any atom is -0.410 e. The molecule has 0 aromatic heterocycles. The van der Waals surface area contributed by atoms with Crippen molar-refractivity contribution in [3.63, 3.8) is 0 Å². The number of allylic oxidation sites excluding steroid dienone is 1. The molecule has 1 fully saturated rings. The number of hydrogen-bond acceptors (Lipinski definition) is 4. The van der Waals surface area contributed by atoms with E-state index in [1.807, 2.05) is 19.9 Å². The summed E-state index contributed by atoms with van der Waals surface area (Å²) in [6.45, 7) is 12.2. The van der Waals surface area contributed by atoms with Crippen LogP contribution in [0.25, 0.3) is 0 Å². The maximum Gasteiger partial charge on any atom is 0.241 e. The highest BCUT2D eigenvalue weighted by molar-refractivity contribution is 5.86. The fourth-order valence-electron chi connectivity index (χ4n) is 2.16. The van der Waals surface area contributed by atoms with E-state index in [9.17, 15) is 4.79 Å². The average molecular weight is 267 g/mol. The van der Waals surface area contributed by atoms with Gasteiger partial charge in [0.1, 0.15) is 11.9 Å². The molecule has 0 saturated carbocycles. The molecule has 2 rings (SSSR count). The molecule has 1 atom stereocenters. The Labute approximate surface area is 115 Å². The van der Waals surface area contributed by atoms with Crippen LogP contribution in [0.1, 0.15) is 41.0 Å². The van der Waals surface area contributed by atoms with E-state index in [0.29, 0.717) is 0 Å². The number of nitrogens with zero attached hydrogens (tertiary/aromatic N) is 1. The predicted molar refractivity (Wildman–Crippen MR) is 74.0 cm³/mol. The summed E-state index contributed by atoms with van der Waals surface area (Å²) in [7, 11) is 0. The first-order valence-electron chi connectivity index (χ1n) is 6.92. The van der Waals surface area contributed by atoms with Gasteiger partial charge in [-0.3, -0.25) is 9.69 Å². The molecular weight excluding hydrogens is 242 g/mol. The maximum absolute atomic E-state index is 12.3. The SMILES string of the molecule is CC(C)(C)C1=CC(NC(=O)C(C)(C)N2CCC2)NO1. The molecule has 5 nitrogen and oxygen atoms in total. The van der Waals surface area contributed by atoms with Crippen LogP contribution in [0.2, 0.25) is 0 Å². The Morgan fingerprint density at radius 1 is 1.37 bits per heavy atom. The molecule has 2 N–H and O–H groups in total. The van der Waals surface area contributed by atoms with E-state index in [0.717, 1.165) is 18.8 Å². The smallest absolute Gasteiger partial charge is 0.241 e. The first-order valence-corrected chi connectivity index (χ1v) is 6.92. The van der Waals surface area contributed by atoms with E-state index in [2.05, 4.69) is 36.5 Å². The number of hydroxylamine groups is 1. The van der Waals surface area contributed by atoms with Gasteiger partial charge in [0.25, 0.3) is 0 Å². The van der Waals surface area contributed by atoms with Crippen LogP contribution < -0.4 is 10.8 Å². The molecule has 5 heteroatoms. The van der Waals surface area contributed by atoms with Gasteiger partial charge in [0.15, 0.2) is 0 Å². The first-order chi connectivity index (χ1) is 8.71. The predicted octanol–water partition coefficient (Wildman–Crippen LogP) is 1.38.